The fraction of sp³-hybridized carbons (Fsp3) is 0.250. The van der Waals surface area contributed by atoms with Crippen LogP contribution in [0.25, 0.3) is 11.3 Å². The van der Waals surface area contributed by atoms with Crippen molar-refractivity contribution in [1.29, 1.82) is 0 Å². The molecule has 1 atom stereocenters. The summed E-state index contributed by atoms with van der Waals surface area (Å²) in [4.78, 5) is 2.55. The highest BCUT2D eigenvalue weighted by molar-refractivity contribution is 5.68. The average molecular weight is 327 g/mol. The van der Waals surface area contributed by atoms with E-state index in [1.807, 2.05) is 0 Å². The summed E-state index contributed by atoms with van der Waals surface area (Å²) in [5.74, 6) is 0.721. The maximum Gasteiger partial charge on any atom is 0.0442 e. The number of nitrogens with zero attached hydrogens (tertiary/aromatic N) is 1. The third kappa shape index (κ3) is 3.76. The van der Waals surface area contributed by atoms with E-state index < -0.39 is 0 Å². The molecule has 0 radical (unpaired) electrons. The molecule has 2 aromatic carbocycles. The van der Waals surface area contributed by atoms with Gasteiger partial charge in [-0.3, -0.25) is 0 Å². The van der Waals surface area contributed by atoms with E-state index in [1.165, 1.54) is 41.7 Å². The molecule has 126 valence electrons. The zero-order valence-electron chi connectivity index (χ0n) is 14.6. The minimum Gasteiger partial charge on any atom is -0.367 e. The fourth-order valence-corrected chi connectivity index (χ4v) is 3.96. The van der Waals surface area contributed by atoms with Crippen LogP contribution in [0, 0.1) is 5.92 Å². The minimum absolute atomic E-state index is 0.721. The summed E-state index contributed by atoms with van der Waals surface area (Å²) in [6, 6.07) is 21.7. The lowest BCUT2D eigenvalue weighted by Gasteiger charge is -2.34. The van der Waals surface area contributed by atoms with Gasteiger partial charge in [0.15, 0.2) is 0 Å². The van der Waals surface area contributed by atoms with Crippen LogP contribution in [0.4, 0.5) is 0 Å². The van der Waals surface area contributed by atoms with Gasteiger partial charge in [0.1, 0.15) is 0 Å². The predicted octanol–water partition coefficient (Wildman–Crippen LogP) is 5.78. The van der Waals surface area contributed by atoms with Crippen molar-refractivity contribution in [1.82, 2.24) is 4.90 Å². The van der Waals surface area contributed by atoms with E-state index in [-0.39, 0.29) is 0 Å². The van der Waals surface area contributed by atoms with E-state index in [4.69, 9.17) is 0 Å². The van der Waals surface area contributed by atoms with Crippen LogP contribution in [-0.2, 0) is 0 Å². The molecular formula is C24H25N. The van der Waals surface area contributed by atoms with Crippen molar-refractivity contribution in [3.63, 3.8) is 0 Å². The third-order valence-electron chi connectivity index (χ3n) is 5.22. The molecule has 0 amide bonds. The van der Waals surface area contributed by atoms with Gasteiger partial charge in [-0.2, -0.15) is 0 Å². The van der Waals surface area contributed by atoms with Gasteiger partial charge in [-0.25, -0.2) is 0 Å². The van der Waals surface area contributed by atoms with E-state index >= 15 is 0 Å². The maximum absolute atomic E-state index is 2.55. The topological polar surface area (TPSA) is 3.24 Å². The summed E-state index contributed by atoms with van der Waals surface area (Å²) >= 11 is 0. The van der Waals surface area contributed by atoms with Crippen molar-refractivity contribution >= 4 is 11.3 Å². The number of hydrogen-bond acceptors (Lipinski definition) is 1. The second kappa shape index (κ2) is 7.57. The maximum atomic E-state index is 2.55. The van der Waals surface area contributed by atoms with Gasteiger partial charge in [-0.05, 0) is 48.0 Å². The standard InChI is InChI=1S/C24H25N/c1-3-11-21(12-4-1)23-15-9-10-20(18-23)19-25-17-8-7-16-24(25)22-13-5-2-6-14-22/h1-8,11-16,20H,9-10,17-19H2. The highest BCUT2D eigenvalue weighted by Gasteiger charge is 2.21. The molecule has 0 N–H and O–H groups in total. The minimum atomic E-state index is 0.721. The van der Waals surface area contributed by atoms with Gasteiger partial charge in [-0.15, -0.1) is 0 Å². The molecule has 0 fully saturated rings. The highest BCUT2D eigenvalue weighted by atomic mass is 15.1. The SMILES string of the molecule is C1=CCN(CC2CCC=C(c3ccccc3)C2)C(c2ccccc2)=C1. The first-order valence-electron chi connectivity index (χ1n) is 9.32. The first-order valence-corrected chi connectivity index (χ1v) is 9.32. The summed E-state index contributed by atoms with van der Waals surface area (Å²) in [6.45, 7) is 2.15. The van der Waals surface area contributed by atoms with E-state index in [9.17, 15) is 0 Å². The summed E-state index contributed by atoms with van der Waals surface area (Å²) in [6.07, 6.45) is 12.8. The average Bonchev–Trinajstić information content (AvgIpc) is 2.70. The van der Waals surface area contributed by atoms with Gasteiger partial charge >= 0.3 is 0 Å². The molecule has 1 aliphatic carbocycles. The molecule has 2 aromatic rings. The lowest BCUT2D eigenvalue weighted by Crippen LogP contribution is -2.30. The molecule has 0 spiro atoms. The van der Waals surface area contributed by atoms with Crippen LogP contribution in [0.1, 0.15) is 30.4 Å². The van der Waals surface area contributed by atoms with Crippen molar-refractivity contribution < 1.29 is 0 Å². The molecule has 1 heteroatoms. The molecule has 1 heterocycles. The monoisotopic (exact) mass is 327 g/mol. The normalized spacial score (nSPS) is 20.2. The van der Waals surface area contributed by atoms with Crippen LogP contribution in [0.15, 0.2) is 85.0 Å². The van der Waals surface area contributed by atoms with Crippen LogP contribution >= 0.6 is 0 Å². The van der Waals surface area contributed by atoms with Crippen LogP contribution in [-0.4, -0.2) is 18.0 Å². The fourth-order valence-electron chi connectivity index (χ4n) is 3.96. The molecular weight excluding hydrogens is 302 g/mol. The van der Waals surface area contributed by atoms with Crippen LogP contribution in [0.5, 0.6) is 0 Å². The Hall–Kier alpha value is -2.54. The Morgan fingerprint density at radius 3 is 2.36 bits per heavy atom. The van der Waals surface area contributed by atoms with Gasteiger partial charge in [0.05, 0.1) is 0 Å². The van der Waals surface area contributed by atoms with Crippen molar-refractivity contribution in [2.24, 2.45) is 5.92 Å². The second-order valence-electron chi connectivity index (χ2n) is 6.99. The lowest BCUT2D eigenvalue weighted by atomic mass is 9.85. The number of allylic oxidation sites excluding steroid dienone is 4. The van der Waals surface area contributed by atoms with Gasteiger partial charge in [-0.1, -0.05) is 78.9 Å². The molecule has 1 unspecified atom stereocenters. The Morgan fingerprint density at radius 2 is 1.60 bits per heavy atom. The summed E-state index contributed by atoms with van der Waals surface area (Å²) in [7, 11) is 0. The lowest BCUT2D eigenvalue weighted by molar-refractivity contribution is 0.329. The molecule has 0 saturated carbocycles. The Kier molecular flexibility index (Phi) is 4.83. The largest absolute Gasteiger partial charge is 0.367 e. The molecule has 1 nitrogen and oxygen atoms in total. The summed E-state index contributed by atoms with van der Waals surface area (Å²) < 4.78 is 0. The molecule has 0 aromatic heterocycles. The van der Waals surface area contributed by atoms with E-state index in [1.54, 1.807) is 0 Å². The molecule has 0 saturated heterocycles. The predicted molar refractivity (Wildman–Crippen MR) is 107 cm³/mol. The van der Waals surface area contributed by atoms with Gasteiger partial charge in [0.25, 0.3) is 0 Å². The highest BCUT2D eigenvalue weighted by Crippen LogP contribution is 2.33. The number of hydrogen-bond donors (Lipinski definition) is 0. The Labute approximate surface area is 151 Å². The Bertz CT molecular complexity index is 783. The Balaban J connectivity index is 1.48. The van der Waals surface area contributed by atoms with Crippen LogP contribution in [0.2, 0.25) is 0 Å². The first-order chi connectivity index (χ1) is 12.4. The zero-order valence-corrected chi connectivity index (χ0v) is 14.6. The van der Waals surface area contributed by atoms with Gasteiger partial charge in [0, 0.05) is 18.8 Å². The molecule has 2 aliphatic rings. The van der Waals surface area contributed by atoms with E-state index in [2.05, 4.69) is 89.9 Å². The van der Waals surface area contributed by atoms with E-state index in [0.29, 0.717) is 0 Å². The number of rotatable bonds is 4. The molecule has 25 heavy (non-hydrogen) atoms. The van der Waals surface area contributed by atoms with Crippen molar-refractivity contribution in [3.8, 4) is 0 Å². The number of benzene rings is 2. The second-order valence-corrected chi connectivity index (χ2v) is 6.99. The summed E-state index contributed by atoms with van der Waals surface area (Å²) in [5.41, 5.74) is 5.60. The zero-order chi connectivity index (χ0) is 16.9. The van der Waals surface area contributed by atoms with E-state index in [0.717, 1.165) is 19.0 Å². The van der Waals surface area contributed by atoms with Crippen LogP contribution in [0.3, 0.4) is 0 Å². The smallest absolute Gasteiger partial charge is 0.0442 e. The third-order valence-corrected chi connectivity index (χ3v) is 5.22. The Morgan fingerprint density at radius 1 is 0.880 bits per heavy atom. The molecule has 4 rings (SSSR count). The van der Waals surface area contributed by atoms with Crippen molar-refractivity contribution in [3.05, 3.63) is 96.1 Å². The van der Waals surface area contributed by atoms with Crippen molar-refractivity contribution in [2.45, 2.75) is 19.3 Å². The van der Waals surface area contributed by atoms with Crippen molar-refractivity contribution in [2.75, 3.05) is 13.1 Å². The molecule has 0 bridgehead atoms. The molecule has 1 aliphatic heterocycles. The van der Waals surface area contributed by atoms with Gasteiger partial charge < -0.3 is 4.90 Å². The van der Waals surface area contributed by atoms with Crippen LogP contribution < -0.4 is 0 Å². The quantitative estimate of drug-likeness (QED) is 0.687. The van der Waals surface area contributed by atoms with Gasteiger partial charge in [0.2, 0.25) is 0 Å². The summed E-state index contributed by atoms with van der Waals surface area (Å²) in [5, 5.41) is 0. The first kappa shape index (κ1) is 16.0.